The topological polar surface area (TPSA) is 95.3 Å². The lowest BCUT2D eigenvalue weighted by Gasteiger charge is -2.07. The maximum absolute atomic E-state index is 12.4. The fraction of sp³-hybridized carbons (Fsp3) is 0.364. The maximum Gasteiger partial charge on any atom is 0.340 e. The quantitative estimate of drug-likeness (QED) is 0.262. The number of aromatic nitrogens is 3. The van der Waals surface area contributed by atoms with Crippen LogP contribution in [0.1, 0.15) is 35.0 Å². The highest BCUT2D eigenvalue weighted by Crippen LogP contribution is 2.29. The Hall–Kier alpha value is -2.85. The molecule has 3 rings (SSSR count). The first-order valence-corrected chi connectivity index (χ1v) is 12.0. The van der Waals surface area contributed by atoms with Crippen molar-refractivity contribution in [3.8, 4) is 17.1 Å². The highest BCUT2D eigenvalue weighted by atomic mass is 32.2. The molecule has 0 bridgehead atoms. The van der Waals surface area contributed by atoms with Gasteiger partial charge in [-0.1, -0.05) is 25.1 Å². The van der Waals surface area contributed by atoms with Crippen LogP contribution >= 0.6 is 23.1 Å². The van der Waals surface area contributed by atoms with Crippen LogP contribution in [-0.2, 0) is 16.6 Å². The summed E-state index contributed by atoms with van der Waals surface area (Å²) in [4.78, 5) is 25.2. The first-order chi connectivity index (χ1) is 15.4. The number of nitrogens with zero attached hydrogens (tertiary/aromatic N) is 3. The van der Waals surface area contributed by atoms with Gasteiger partial charge in [0, 0.05) is 17.5 Å². The molecule has 0 fully saturated rings. The molecular formula is C22H26N4O4S2. The molecule has 0 spiro atoms. The number of thiophene rings is 1. The molecule has 0 atom stereocenters. The SMILES string of the molecule is CCCCOc1ccc(-c2nnc(SCC(=O)Nc3sc(C)cc3C(=O)OC)n2C)cc1. The summed E-state index contributed by atoms with van der Waals surface area (Å²) in [6, 6.07) is 9.43. The molecule has 8 nitrogen and oxygen atoms in total. The zero-order valence-corrected chi connectivity index (χ0v) is 20.1. The molecule has 0 saturated heterocycles. The molecule has 1 N–H and O–H groups in total. The van der Waals surface area contributed by atoms with Gasteiger partial charge in [0.05, 0.1) is 25.0 Å². The van der Waals surface area contributed by atoms with Crippen molar-refractivity contribution in [2.24, 2.45) is 7.05 Å². The normalized spacial score (nSPS) is 10.8. The molecule has 0 aliphatic carbocycles. The number of methoxy groups -OCH3 is 1. The van der Waals surface area contributed by atoms with E-state index in [0.29, 0.717) is 28.2 Å². The summed E-state index contributed by atoms with van der Waals surface area (Å²) in [7, 11) is 3.18. The van der Waals surface area contributed by atoms with Gasteiger partial charge in [-0.15, -0.1) is 21.5 Å². The Bertz CT molecular complexity index is 1080. The molecule has 2 heterocycles. The van der Waals surface area contributed by atoms with Gasteiger partial charge in [0.1, 0.15) is 10.8 Å². The number of carbonyl (C=O) groups excluding carboxylic acids is 2. The predicted octanol–water partition coefficient (Wildman–Crippen LogP) is 4.55. The van der Waals surface area contributed by atoms with E-state index < -0.39 is 5.97 Å². The summed E-state index contributed by atoms with van der Waals surface area (Å²) in [6.07, 6.45) is 2.12. The van der Waals surface area contributed by atoms with E-state index in [9.17, 15) is 9.59 Å². The van der Waals surface area contributed by atoms with E-state index in [1.807, 2.05) is 42.8 Å². The number of anilines is 1. The summed E-state index contributed by atoms with van der Waals surface area (Å²) >= 11 is 2.61. The zero-order chi connectivity index (χ0) is 23.1. The first kappa shape index (κ1) is 23.8. The molecule has 0 aliphatic heterocycles. The minimum atomic E-state index is -0.475. The third-order valence-corrected chi connectivity index (χ3v) is 6.55. The second kappa shape index (κ2) is 11.1. The van der Waals surface area contributed by atoms with Gasteiger partial charge in [-0.25, -0.2) is 4.79 Å². The second-order valence-corrected chi connectivity index (χ2v) is 9.22. The molecule has 10 heteroatoms. The summed E-state index contributed by atoms with van der Waals surface area (Å²) in [6.45, 7) is 4.70. The Morgan fingerprint density at radius 1 is 1.22 bits per heavy atom. The van der Waals surface area contributed by atoms with E-state index in [4.69, 9.17) is 9.47 Å². The number of unbranched alkanes of at least 4 members (excludes halogenated alkanes) is 1. The van der Waals surface area contributed by atoms with E-state index in [0.717, 1.165) is 29.0 Å². The van der Waals surface area contributed by atoms with Gasteiger partial charge in [-0.2, -0.15) is 0 Å². The molecule has 32 heavy (non-hydrogen) atoms. The maximum atomic E-state index is 12.4. The minimum absolute atomic E-state index is 0.133. The highest BCUT2D eigenvalue weighted by molar-refractivity contribution is 7.99. The summed E-state index contributed by atoms with van der Waals surface area (Å²) in [5.74, 6) is 0.950. The van der Waals surface area contributed by atoms with Crippen molar-refractivity contribution in [2.75, 3.05) is 24.8 Å². The Morgan fingerprint density at radius 2 is 1.97 bits per heavy atom. The Morgan fingerprint density at radius 3 is 2.66 bits per heavy atom. The third-order valence-electron chi connectivity index (χ3n) is 4.56. The number of amides is 1. The van der Waals surface area contributed by atoms with E-state index in [1.54, 1.807) is 6.07 Å². The van der Waals surface area contributed by atoms with Crippen LogP contribution in [0, 0.1) is 6.92 Å². The lowest BCUT2D eigenvalue weighted by molar-refractivity contribution is -0.113. The molecule has 0 radical (unpaired) electrons. The van der Waals surface area contributed by atoms with Crippen LogP contribution < -0.4 is 10.1 Å². The molecule has 1 aromatic carbocycles. The van der Waals surface area contributed by atoms with Gasteiger partial charge in [-0.3, -0.25) is 4.79 Å². The summed E-state index contributed by atoms with van der Waals surface area (Å²) < 4.78 is 12.3. The molecule has 0 aliphatic rings. The van der Waals surface area contributed by atoms with Crippen LogP contribution in [0.3, 0.4) is 0 Å². The molecular weight excluding hydrogens is 448 g/mol. The molecule has 3 aromatic rings. The van der Waals surface area contributed by atoms with Gasteiger partial charge in [0.2, 0.25) is 5.91 Å². The number of aryl methyl sites for hydroxylation is 1. The molecule has 0 saturated carbocycles. The molecule has 1 amide bonds. The van der Waals surface area contributed by atoms with Crippen molar-refractivity contribution >= 4 is 40.0 Å². The van der Waals surface area contributed by atoms with Crippen LogP contribution in [0.25, 0.3) is 11.4 Å². The lowest BCUT2D eigenvalue weighted by atomic mass is 10.2. The van der Waals surface area contributed by atoms with Gasteiger partial charge in [-0.05, 0) is 43.7 Å². The number of hydrogen-bond acceptors (Lipinski definition) is 8. The van der Waals surface area contributed by atoms with Gasteiger partial charge >= 0.3 is 5.97 Å². The van der Waals surface area contributed by atoms with E-state index in [2.05, 4.69) is 22.4 Å². The number of esters is 1. The average Bonchev–Trinajstić information content (AvgIpc) is 3.34. The summed E-state index contributed by atoms with van der Waals surface area (Å²) in [5, 5.41) is 12.4. The number of rotatable bonds is 10. The van der Waals surface area contributed by atoms with E-state index in [1.165, 1.54) is 30.2 Å². The van der Waals surface area contributed by atoms with Crippen molar-refractivity contribution < 1.29 is 19.1 Å². The molecule has 2 aromatic heterocycles. The van der Waals surface area contributed by atoms with Crippen LogP contribution in [0.15, 0.2) is 35.5 Å². The van der Waals surface area contributed by atoms with Crippen molar-refractivity contribution in [1.82, 2.24) is 14.8 Å². The minimum Gasteiger partial charge on any atom is -0.494 e. The first-order valence-electron chi connectivity index (χ1n) is 10.2. The molecule has 0 unspecified atom stereocenters. The van der Waals surface area contributed by atoms with Crippen molar-refractivity contribution in [2.45, 2.75) is 31.8 Å². The summed E-state index contributed by atoms with van der Waals surface area (Å²) in [5.41, 5.74) is 1.27. The number of thioether (sulfide) groups is 1. The van der Waals surface area contributed by atoms with Crippen LogP contribution in [0.4, 0.5) is 5.00 Å². The Kier molecular flexibility index (Phi) is 8.29. The number of carbonyl (C=O) groups is 2. The zero-order valence-electron chi connectivity index (χ0n) is 18.5. The van der Waals surface area contributed by atoms with Crippen molar-refractivity contribution in [3.05, 3.63) is 40.8 Å². The van der Waals surface area contributed by atoms with E-state index in [-0.39, 0.29) is 11.7 Å². The number of ether oxygens (including phenoxy) is 2. The van der Waals surface area contributed by atoms with Gasteiger partial charge in [0.25, 0.3) is 0 Å². The van der Waals surface area contributed by atoms with Crippen LogP contribution in [0.5, 0.6) is 5.75 Å². The van der Waals surface area contributed by atoms with Crippen LogP contribution in [0.2, 0.25) is 0 Å². The Balaban J connectivity index is 1.60. The Labute approximate surface area is 195 Å². The fourth-order valence-corrected chi connectivity index (χ4v) is 4.51. The standard InChI is InChI=1S/C22H26N4O4S2/c1-5-6-11-30-16-9-7-15(8-10-16)19-24-25-22(26(19)3)31-13-18(27)23-20-17(21(28)29-4)12-14(2)32-20/h7-10,12H,5-6,11,13H2,1-4H3,(H,23,27). The monoisotopic (exact) mass is 474 g/mol. The van der Waals surface area contributed by atoms with Gasteiger partial charge in [0.15, 0.2) is 11.0 Å². The average molecular weight is 475 g/mol. The van der Waals surface area contributed by atoms with Gasteiger partial charge < -0.3 is 19.4 Å². The number of benzene rings is 1. The van der Waals surface area contributed by atoms with Crippen LogP contribution in [-0.4, -0.2) is 46.1 Å². The third kappa shape index (κ3) is 5.89. The van der Waals surface area contributed by atoms with E-state index >= 15 is 0 Å². The fourth-order valence-electron chi connectivity index (χ4n) is 2.89. The predicted molar refractivity (Wildman–Crippen MR) is 127 cm³/mol. The highest BCUT2D eigenvalue weighted by Gasteiger charge is 2.18. The van der Waals surface area contributed by atoms with Crippen molar-refractivity contribution in [1.29, 1.82) is 0 Å². The number of hydrogen-bond donors (Lipinski definition) is 1. The second-order valence-electron chi connectivity index (χ2n) is 7.02. The molecule has 170 valence electrons. The smallest absolute Gasteiger partial charge is 0.340 e. The van der Waals surface area contributed by atoms with Crippen molar-refractivity contribution in [3.63, 3.8) is 0 Å². The lowest BCUT2D eigenvalue weighted by Crippen LogP contribution is -2.16. The number of nitrogens with one attached hydrogen (secondary N) is 1. The largest absolute Gasteiger partial charge is 0.494 e.